The molecule has 2 aliphatic rings. The van der Waals surface area contributed by atoms with Crippen molar-refractivity contribution < 1.29 is 13.2 Å². The van der Waals surface area contributed by atoms with Gasteiger partial charge in [0, 0.05) is 0 Å². The summed E-state index contributed by atoms with van der Waals surface area (Å²) in [5.74, 6) is -1.09. The van der Waals surface area contributed by atoms with Gasteiger partial charge in [0.25, 0.3) is 0 Å². The van der Waals surface area contributed by atoms with Gasteiger partial charge in [0.1, 0.15) is 0 Å². The Labute approximate surface area is 136 Å². The smallest absolute Gasteiger partial charge is 0.194 e. The quantitative estimate of drug-likeness (QED) is 0.448. The number of hydrogen-bond acceptors (Lipinski definition) is 0. The molecule has 2 fully saturated rings. The summed E-state index contributed by atoms with van der Waals surface area (Å²) in [4.78, 5) is 0. The van der Waals surface area contributed by atoms with Crippen molar-refractivity contribution in [3.8, 4) is 0 Å². The Morgan fingerprint density at radius 1 is 0.783 bits per heavy atom. The zero-order chi connectivity index (χ0) is 16.4. The summed E-state index contributed by atoms with van der Waals surface area (Å²) in [6.45, 7) is 3.90. The van der Waals surface area contributed by atoms with E-state index >= 15 is 0 Å². The number of rotatable bonds is 3. The van der Waals surface area contributed by atoms with Crippen LogP contribution in [0, 0.1) is 35.2 Å². The fraction of sp³-hybridized carbons (Fsp3) is 0.600. The summed E-state index contributed by atoms with van der Waals surface area (Å²) in [5, 5.41) is 0. The van der Waals surface area contributed by atoms with Gasteiger partial charge in [0.15, 0.2) is 17.5 Å². The van der Waals surface area contributed by atoms with Crippen molar-refractivity contribution in [1.82, 2.24) is 0 Å². The van der Waals surface area contributed by atoms with Crippen molar-refractivity contribution in [2.45, 2.75) is 57.3 Å². The van der Waals surface area contributed by atoms with E-state index in [2.05, 4.69) is 12.7 Å². The van der Waals surface area contributed by atoms with E-state index in [-0.39, 0.29) is 5.92 Å². The largest absolute Gasteiger partial charge is 0.204 e. The van der Waals surface area contributed by atoms with Crippen LogP contribution in [0.2, 0.25) is 0 Å². The summed E-state index contributed by atoms with van der Waals surface area (Å²) in [7, 11) is 0. The lowest BCUT2D eigenvalue weighted by molar-refractivity contribution is 0.171. The van der Waals surface area contributed by atoms with Gasteiger partial charge in [0.2, 0.25) is 0 Å². The molecule has 0 spiro atoms. The Morgan fingerprint density at radius 3 is 1.74 bits per heavy atom. The monoisotopic (exact) mass is 322 g/mol. The predicted molar refractivity (Wildman–Crippen MR) is 86.7 cm³/mol. The van der Waals surface area contributed by atoms with E-state index in [1.807, 2.05) is 0 Å². The van der Waals surface area contributed by atoms with E-state index in [4.69, 9.17) is 0 Å². The van der Waals surface area contributed by atoms with E-state index in [0.717, 1.165) is 37.5 Å². The van der Waals surface area contributed by atoms with Crippen LogP contribution >= 0.6 is 0 Å². The van der Waals surface area contributed by atoms with E-state index in [9.17, 15) is 13.2 Å². The van der Waals surface area contributed by atoms with Crippen LogP contribution in [-0.4, -0.2) is 0 Å². The number of benzene rings is 1. The van der Waals surface area contributed by atoms with Crippen LogP contribution in [0.3, 0.4) is 0 Å². The van der Waals surface area contributed by atoms with Gasteiger partial charge in [-0.05, 0) is 92.7 Å². The predicted octanol–water partition coefficient (Wildman–Crippen LogP) is 6.37. The molecule has 3 heteroatoms. The van der Waals surface area contributed by atoms with Gasteiger partial charge in [-0.15, -0.1) is 6.58 Å². The maximum Gasteiger partial charge on any atom is 0.194 e. The maximum atomic E-state index is 13.4. The normalized spacial score (nSPS) is 31.8. The minimum absolute atomic E-state index is 0.167. The fourth-order valence-corrected chi connectivity index (χ4v) is 4.59. The zero-order valence-corrected chi connectivity index (χ0v) is 13.5. The first-order chi connectivity index (χ1) is 11.1. The van der Waals surface area contributed by atoms with Crippen molar-refractivity contribution in [2.24, 2.45) is 17.8 Å². The molecule has 0 aromatic heterocycles. The maximum absolute atomic E-state index is 13.4. The van der Waals surface area contributed by atoms with Gasteiger partial charge in [-0.1, -0.05) is 6.08 Å². The van der Waals surface area contributed by atoms with Crippen LogP contribution in [0.4, 0.5) is 13.2 Å². The number of allylic oxidation sites excluding steroid dienone is 1. The highest BCUT2D eigenvalue weighted by molar-refractivity contribution is 5.23. The molecule has 0 radical (unpaired) electrons. The average molecular weight is 322 g/mol. The highest BCUT2D eigenvalue weighted by Crippen LogP contribution is 2.44. The van der Waals surface area contributed by atoms with Gasteiger partial charge in [0.05, 0.1) is 0 Å². The molecule has 2 aliphatic carbocycles. The summed E-state index contributed by atoms with van der Waals surface area (Å²) in [5.41, 5.74) is 0.621. The minimum atomic E-state index is -1.36. The van der Waals surface area contributed by atoms with Crippen molar-refractivity contribution in [2.75, 3.05) is 0 Å². The Kier molecular flexibility index (Phi) is 5.13. The Bertz CT molecular complexity index is 527. The fourth-order valence-electron chi connectivity index (χ4n) is 4.59. The first-order valence-electron chi connectivity index (χ1n) is 8.85. The molecule has 0 N–H and O–H groups in total. The van der Waals surface area contributed by atoms with Crippen LogP contribution in [-0.2, 0) is 0 Å². The Balaban J connectivity index is 1.57. The molecular weight excluding hydrogens is 297 g/mol. The molecule has 0 heterocycles. The van der Waals surface area contributed by atoms with E-state index < -0.39 is 17.5 Å². The van der Waals surface area contributed by atoms with Gasteiger partial charge >= 0.3 is 0 Å². The molecule has 1 aromatic carbocycles. The van der Waals surface area contributed by atoms with Crippen LogP contribution < -0.4 is 0 Å². The lowest BCUT2D eigenvalue weighted by Gasteiger charge is -2.37. The van der Waals surface area contributed by atoms with Crippen molar-refractivity contribution >= 4 is 0 Å². The molecule has 0 unspecified atom stereocenters. The van der Waals surface area contributed by atoms with Crippen molar-refractivity contribution in [3.63, 3.8) is 0 Å². The third-order valence-electron chi connectivity index (χ3n) is 6.07. The minimum Gasteiger partial charge on any atom is -0.204 e. The highest BCUT2D eigenvalue weighted by Gasteiger charge is 2.31. The molecule has 2 saturated carbocycles. The third-order valence-corrected chi connectivity index (χ3v) is 6.07. The van der Waals surface area contributed by atoms with Crippen LogP contribution in [0.5, 0.6) is 0 Å². The molecule has 23 heavy (non-hydrogen) atoms. The van der Waals surface area contributed by atoms with Crippen LogP contribution in [0.15, 0.2) is 24.8 Å². The van der Waals surface area contributed by atoms with Crippen LogP contribution in [0.25, 0.3) is 0 Å². The third kappa shape index (κ3) is 3.64. The van der Waals surface area contributed by atoms with E-state index in [1.165, 1.54) is 37.8 Å². The van der Waals surface area contributed by atoms with Gasteiger partial charge < -0.3 is 0 Å². The molecule has 0 atom stereocenters. The molecule has 126 valence electrons. The molecule has 0 saturated heterocycles. The van der Waals surface area contributed by atoms with Crippen molar-refractivity contribution in [1.29, 1.82) is 0 Å². The number of hydrogen-bond donors (Lipinski definition) is 0. The Morgan fingerprint density at radius 2 is 1.26 bits per heavy atom. The summed E-state index contributed by atoms with van der Waals surface area (Å²) in [6, 6.07) is 2.36. The number of halogens is 3. The molecule has 1 aromatic rings. The van der Waals surface area contributed by atoms with Gasteiger partial charge in [-0.25, -0.2) is 13.2 Å². The molecule has 0 bridgehead atoms. The SMILES string of the molecule is C=CC1CCC(C2CCC(c3cc(F)c(F)c(F)c3)CC2)CC1. The highest BCUT2D eigenvalue weighted by atomic mass is 19.2. The molecular formula is C20H25F3. The molecule has 0 nitrogen and oxygen atoms in total. The second-order valence-corrected chi connectivity index (χ2v) is 7.32. The lowest BCUT2D eigenvalue weighted by Crippen LogP contribution is -2.25. The Hall–Kier alpha value is -1.25. The second-order valence-electron chi connectivity index (χ2n) is 7.32. The van der Waals surface area contributed by atoms with E-state index in [0.29, 0.717) is 11.5 Å². The molecule has 0 aliphatic heterocycles. The first-order valence-corrected chi connectivity index (χ1v) is 8.85. The topological polar surface area (TPSA) is 0 Å². The lowest BCUT2D eigenvalue weighted by atomic mass is 9.68. The summed E-state index contributed by atoms with van der Waals surface area (Å²) >= 11 is 0. The van der Waals surface area contributed by atoms with Crippen LogP contribution in [0.1, 0.15) is 62.8 Å². The molecule has 0 amide bonds. The van der Waals surface area contributed by atoms with E-state index in [1.54, 1.807) is 0 Å². The summed E-state index contributed by atoms with van der Waals surface area (Å²) < 4.78 is 39.9. The molecule has 3 rings (SSSR count). The van der Waals surface area contributed by atoms with Crippen molar-refractivity contribution in [3.05, 3.63) is 47.8 Å². The second kappa shape index (κ2) is 7.11. The van der Waals surface area contributed by atoms with Gasteiger partial charge in [-0.3, -0.25) is 0 Å². The summed E-state index contributed by atoms with van der Waals surface area (Å²) in [6.07, 6.45) is 11.3. The average Bonchev–Trinajstić information content (AvgIpc) is 2.59. The first kappa shape index (κ1) is 16.6. The zero-order valence-electron chi connectivity index (χ0n) is 13.5. The standard InChI is InChI=1S/C20H25F3/c1-2-13-3-5-14(6-4-13)15-7-9-16(10-8-15)17-11-18(21)20(23)19(22)12-17/h2,11-16H,1,3-10H2. The van der Waals surface area contributed by atoms with Gasteiger partial charge in [-0.2, -0.15) is 0 Å².